The molecule has 0 bridgehead atoms. The summed E-state index contributed by atoms with van der Waals surface area (Å²) in [5.41, 5.74) is -5.28. The number of alkyl halides is 6. The lowest BCUT2D eigenvalue weighted by atomic mass is 10.1. The van der Waals surface area contributed by atoms with E-state index >= 15 is 0 Å². The Bertz CT molecular complexity index is 685. The molecule has 2 aromatic rings. The van der Waals surface area contributed by atoms with Gasteiger partial charge in [-0.15, -0.1) is 0 Å². The predicted octanol–water partition coefficient (Wildman–Crippen LogP) is 2.96. The third-order valence-corrected chi connectivity index (χ3v) is 2.34. The molecule has 9 heteroatoms. The second-order valence-electron chi connectivity index (χ2n) is 3.61. The topological polar surface area (TPSA) is 45.8 Å². The first-order valence-corrected chi connectivity index (χ1v) is 4.78. The summed E-state index contributed by atoms with van der Waals surface area (Å²) in [5, 5.41) is -1.16. The summed E-state index contributed by atoms with van der Waals surface area (Å²) in [4.78, 5) is 15.4. The van der Waals surface area contributed by atoms with E-state index in [1.165, 1.54) is 4.98 Å². The highest BCUT2D eigenvalue weighted by Crippen LogP contribution is 2.39. The highest BCUT2D eigenvalue weighted by molar-refractivity contribution is 5.85. The van der Waals surface area contributed by atoms with E-state index < -0.39 is 40.2 Å². The first kappa shape index (κ1) is 13.4. The molecule has 102 valence electrons. The van der Waals surface area contributed by atoms with E-state index in [4.69, 9.17) is 0 Å². The van der Waals surface area contributed by atoms with Crippen molar-refractivity contribution in [2.45, 2.75) is 12.4 Å². The van der Waals surface area contributed by atoms with Gasteiger partial charge in [-0.1, -0.05) is 6.07 Å². The average Bonchev–Trinajstić information content (AvgIpc) is 2.24. The first-order chi connectivity index (χ1) is 8.60. The van der Waals surface area contributed by atoms with Gasteiger partial charge in [0.05, 0.1) is 11.1 Å². The molecular formula is C10H4F6N2O. The van der Waals surface area contributed by atoms with Gasteiger partial charge in [-0.3, -0.25) is 0 Å². The van der Waals surface area contributed by atoms with Gasteiger partial charge in [0, 0.05) is 5.39 Å². The standard InChI is InChI=1S/C10H4F6N2O/c11-9(12,13)4-2-1-3-5-6(4)7(10(14,15)16)18-8(19)17-5/h1-3H,(H,17,18,19). The summed E-state index contributed by atoms with van der Waals surface area (Å²) < 4.78 is 76.2. The number of H-pyrrole nitrogens is 1. The molecule has 0 amide bonds. The Morgan fingerprint density at radius 3 is 2.16 bits per heavy atom. The third kappa shape index (κ3) is 2.40. The number of nitrogens with one attached hydrogen (secondary N) is 1. The van der Waals surface area contributed by atoms with Crippen LogP contribution in [0.3, 0.4) is 0 Å². The SMILES string of the molecule is O=c1nc2cccc(C(F)(F)F)c2c(C(F)(F)F)[nH]1. The Balaban J connectivity index is 2.99. The lowest BCUT2D eigenvalue weighted by Gasteiger charge is -2.14. The summed E-state index contributed by atoms with van der Waals surface area (Å²) >= 11 is 0. The molecule has 3 nitrogen and oxygen atoms in total. The first-order valence-electron chi connectivity index (χ1n) is 4.78. The lowest BCUT2D eigenvalue weighted by Crippen LogP contribution is -2.21. The quantitative estimate of drug-likeness (QED) is 0.755. The van der Waals surface area contributed by atoms with E-state index in [-0.39, 0.29) is 0 Å². The highest BCUT2D eigenvalue weighted by Gasteiger charge is 2.40. The van der Waals surface area contributed by atoms with Crippen molar-refractivity contribution in [1.29, 1.82) is 0 Å². The van der Waals surface area contributed by atoms with E-state index in [2.05, 4.69) is 4.98 Å². The molecular weight excluding hydrogens is 278 g/mol. The second-order valence-corrected chi connectivity index (χ2v) is 3.61. The highest BCUT2D eigenvalue weighted by atomic mass is 19.4. The molecule has 0 aliphatic carbocycles. The molecule has 2 rings (SSSR count). The van der Waals surface area contributed by atoms with Crippen LogP contribution in [0.1, 0.15) is 11.3 Å². The molecule has 0 fully saturated rings. The second kappa shape index (κ2) is 3.97. The summed E-state index contributed by atoms with van der Waals surface area (Å²) in [6, 6.07) is 2.30. The van der Waals surface area contributed by atoms with Gasteiger partial charge >= 0.3 is 18.0 Å². The maximum absolute atomic E-state index is 12.7. The molecule has 1 heterocycles. The summed E-state index contributed by atoms with van der Waals surface area (Å²) in [7, 11) is 0. The molecule has 0 radical (unpaired) electrons. The molecule has 0 aliphatic heterocycles. The zero-order valence-electron chi connectivity index (χ0n) is 8.86. The molecule has 0 saturated heterocycles. The Labute approximate surface area is 100 Å². The fourth-order valence-electron chi connectivity index (χ4n) is 1.65. The number of nitrogens with zero attached hydrogens (tertiary/aromatic N) is 1. The lowest BCUT2D eigenvalue weighted by molar-refractivity contribution is -0.142. The fourth-order valence-corrected chi connectivity index (χ4v) is 1.65. The van der Waals surface area contributed by atoms with Gasteiger partial charge in [-0.25, -0.2) is 4.79 Å². The minimum absolute atomic E-state index is 0.498. The molecule has 0 saturated carbocycles. The predicted molar refractivity (Wildman–Crippen MR) is 52.4 cm³/mol. The summed E-state index contributed by atoms with van der Waals surface area (Å²) in [6.07, 6.45) is -10.1. The summed E-state index contributed by atoms with van der Waals surface area (Å²) in [5.74, 6) is 0. The number of hydrogen-bond donors (Lipinski definition) is 1. The van der Waals surface area contributed by atoms with Crippen molar-refractivity contribution < 1.29 is 26.3 Å². The molecule has 0 atom stereocenters. The molecule has 0 spiro atoms. The zero-order valence-corrected chi connectivity index (χ0v) is 8.86. The van der Waals surface area contributed by atoms with Crippen LogP contribution in [0, 0.1) is 0 Å². The molecule has 1 aromatic carbocycles. The number of rotatable bonds is 0. The molecule has 1 N–H and O–H groups in total. The minimum atomic E-state index is -5.12. The number of benzene rings is 1. The minimum Gasteiger partial charge on any atom is -0.301 e. The Kier molecular flexibility index (Phi) is 2.79. The van der Waals surface area contributed by atoms with Crippen LogP contribution in [0.5, 0.6) is 0 Å². The van der Waals surface area contributed by atoms with Crippen molar-refractivity contribution in [2.75, 3.05) is 0 Å². The van der Waals surface area contributed by atoms with Crippen molar-refractivity contribution in [1.82, 2.24) is 9.97 Å². The van der Waals surface area contributed by atoms with Crippen molar-refractivity contribution >= 4 is 10.9 Å². The van der Waals surface area contributed by atoms with Crippen LogP contribution in [-0.4, -0.2) is 9.97 Å². The summed E-state index contributed by atoms with van der Waals surface area (Å²) in [6.45, 7) is 0. The molecule has 0 unspecified atom stereocenters. The van der Waals surface area contributed by atoms with Gasteiger partial charge in [0.15, 0.2) is 0 Å². The molecule has 19 heavy (non-hydrogen) atoms. The van der Waals surface area contributed by atoms with E-state index in [1.54, 1.807) is 0 Å². The number of halogens is 6. The monoisotopic (exact) mass is 282 g/mol. The van der Waals surface area contributed by atoms with Crippen LogP contribution in [0.25, 0.3) is 10.9 Å². The van der Waals surface area contributed by atoms with Crippen molar-refractivity contribution in [3.63, 3.8) is 0 Å². The van der Waals surface area contributed by atoms with Crippen LogP contribution in [0.15, 0.2) is 23.0 Å². The zero-order chi connectivity index (χ0) is 14.4. The van der Waals surface area contributed by atoms with E-state index in [1.807, 2.05) is 0 Å². The Morgan fingerprint density at radius 2 is 1.63 bits per heavy atom. The van der Waals surface area contributed by atoms with Crippen LogP contribution >= 0.6 is 0 Å². The fraction of sp³-hybridized carbons (Fsp3) is 0.200. The number of fused-ring (bicyclic) bond motifs is 1. The van der Waals surface area contributed by atoms with Gasteiger partial charge < -0.3 is 4.98 Å². The molecule has 1 aromatic heterocycles. The molecule has 0 aliphatic rings. The van der Waals surface area contributed by atoms with Crippen molar-refractivity contribution in [3.8, 4) is 0 Å². The maximum atomic E-state index is 12.7. The number of hydrogen-bond acceptors (Lipinski definition) is 2. The van der Waals surface area contributed by atoms with Crippen molar-refractivity contribution in [2.24, 2.45) is 0 Å². The van der Waals surface area contributed by atoms with Crippen LogP contribution in [0.4, 0.5) is 26.3 Å². The van der Waals surface area contributed by atoms with Gasteiger partial charge in [0.25, 0.3) is 0 Å². The normalized spacial score (nSPS) is 12.9. The van der Waals surface area contributed by atoms with Gasteiger partial charge in [-0.2, -0.15) is 31.3 Å². The van der Waals surface area contributed by atoms with Crippen LogP contribution < -0.4 is 5.69 Å². The van der Waals surface area contributed by atoms with Gasteiger partial charge in [0.1, 0.15) is 5.69 Å². The smallest absolute Gasteiger partial charge is 0.301 e. The maximum Gasteiger partial charge on any atom is 0.432 e. The number of aromatic nitrogens is 2. The average molecular weight is 282 g/mol. The number of aromatic amines is 1. The van der Waals surface area contributed by atoms with E-state index in [0.29, 0.717) is 6.07 Å². The third-order valence-electron chi connectivity index (χ3n) is 2.34. The van der Waals surface area contributed by atoms with Crippen LogP contribution in [0.2, 0.25) is 0 Å². The van der Waals surface area contributed by atoms with E-state index in [0.717, 1.165) is 12.1 Å². The van der Waals surface area contributed by atoms with Crippen molar-refractivity contribution in [3.05, 3.63) is 39.9 Å². The van der Waals surface area contributed by atoms with Gasteiger partial charge in [-0.05, 0) is 12.1 Å². The van der Waals surface area contributed by atoms with Crippen LogP contribution in [-0.2, 0) is 12.4 Å². The van der Waals surface area contributed by atoms with E-state index in [9.17, 15) is 31.1 Å². The Hall–Kier alpha value is -2.06. The Morgan fingerprint density at radius 1 is 1.00 bits per heavy atom. The largest absolute Gasteiger partial charge is 0.432 e. The van der Waals surface area contributed by atoms with Gasteiger partial charge in [0.2, 0.25) is 0 Å².